The number of carbonyl (C=O) groups excluding carboxylic acids is 2. The van der Waals surface area contributed by atoms with Crippen molar-refractivity contribution >= 4 is 50.4 Å². The Bertz CT molecular complexity index is 1700. The fourth-order valence-corrected chi connectivity index (χ4v) is 5.99. The second kappa shape index (κ2) is 10.1. The normalized spacial score (nSPS) is 15.7. The van der Waals surface area contributed by atoms with Gasteiger partial charge in [-0.25, -0.2) is 9.31 Å². The summed E-state index contributed by atoms with van der Waals surface area (Å²) < 4.78 is 8.95. The van der Waals surface area contributed by atoms with Gasteiger partial charge in [-0.15, -0.1) is 11.3 Å². The van der Waals surface area contributed by atoms with Crippen molar-refractivity contribution in [1.82, 2.24) is 29.3 Å². The summed E-state index contributed by atoms with van der Waals surface area (Å²) in [6, 6.07) is 7.97. The minimum atomic E-state index is -0.550. The number of ether oxygens (including phenoxy) is 1. The minimum absolute atomic E-state index is 0.240. The van der Waals surface area contributed by atoms with E-state index >= 15 is 0 Å². The van der Waals surface area contributed by atoms with Crippen LogP contribution in [0.5, 0.6) is 0 Å². The Labute approximate surface area is 228 Å². The molecule has 6 rings (SSSR count). The fraction of sp³-hybridized carbons (Fsp3) is 0.296. The van der Waals surface area contributed by atoms with E-state index in [-0.39, 0.29) is 11.9 Å². The molecule has 1 unspecified atom stereocenters. The molecule has 0 saturated carbocycles. The van der Waals surface area contributed by atoms with Crippen molar-refractivity contribution in [2.24, 2.45) is 7.05 Å². The molecule has 1 aliphatic heterocycles. The molecule has 1 fully saturated rings. The van der Waals surface area contributed by atoms with Crippen molar-refractivity contribution < 1.29 is 14.3 Å². The molecule has 12 heteroatoms. The molecule has 0 radical (unpaired) electrons. The van der Waals surface area contributed by atoms with Crippen LogP contribution in [-0.4, -0.2) is 67.5 Å². The Hall–Kier alpha value is -4.29. The third kappa shape index (κ3) is 4.84. The SMILES string of the molecule is Cc1ncc(NC(=O)OCC2CCCN2C)cc1NC(=O)c1cnn2cc(-c3cccc4c3cnn4C)sc12. The van der Waals surface area contributed by atoms with E-state index in [9.17, 15) is 9.59 Å². The summed E-state index contributed by atoms with van der Waals surface area (Å²) in [6.45, 7) is 3.14. The molecule has 5 heterocycles. The summed E-state index contributed by atoms with van der Waals surface area (Å²) in [6.07, 6.45) is 8.43. The summed E-state index contributed by atoms with van der Waals surface area (Å²) in [7, 11) is 3.94. The van der Waals surface area contributed by atoms with Crippen LogP contribution in [0.3, 0.4) is 0 Å². The van der Waals surface area contributed by atoms with Crippen molar-refractivity contribution in [2.75, 3.05) is 30.8 Å². The topological polar surface area (TPSA) is 119 Å². The second-order valence-corrected chi connectivity index (χ2v) is 10.8. The van der Waals surface area contributed by atoms with E-state index in [1.54, 1.807) is 23.7 Å². The lowest BCUT2D eigenvalue weighted by molar-refractivity contribution is 0.102. The standard InChI is InChI=1S/C27H28N8O3S/c1-16-22(10-17(11-28-16)31-27(37)38-15-18-6-5-9-33(18)2)32-25(36)21-13-30-35-14-24(39-26(21)35)19-7-4-8-23-20(19)12-29-34(23)3/h4,7-8,10-14,18H,5-6,9,15H2,1-3H3,(H,31,37)(H,32,36). The van der Waals surface area contributed by atoms with E-state index in [2.05, 4.69) is 30.7 Å². The zero-order valence-electron chi connectivity index (χ0n) is 21.8. The number of hydrogen-bond donors (Lipinski definition) is 2. The Kier molecular flexibility index (Phi) is 6.49. The molecule has 5 aromatic rings. The fourth-order valence-electron chi connectivity index (χ4n) is 4.89. The summed E-state index contributed by atoms with van der Waals surface area (Å²) in [5.41, 5.74) is 4.06. The third-order valence-electron chi connectivity index (χ3n) is 7.16. The number of hydrogen-bond acceptors (Lipinski definition) is 8. The molecule has 4 aromatic heterocycles. The van der Waals surface area contributed by atoms with E-state index in [4.69, 9.17) is 4.74 Å². The largest absolute Gasteiger partial charge is 0.448 e. The Balaban J connectivity index is 1.18. The zero-order chi connectivity index (χ0) is 27.1. The van der Waals surface area contributed by atoms with Crippen LogP contribution in [0.4, 0.5) is 16.2 Å². The lowest BCUT2D eigenvalue weighted by atomic mass is 10.1. The van der Waals surface area contributed by atoms with Gasteiger partial charge in [-0.05, 0) is 45.5 Å². The number of pyridine rings is 1. The highest BCUT2D eigenvalue weighted by molar-refractivity contribution is 7.21. The first-order valence-electron chi connectivity index (χ1n) is 12.7. The van der Waals surface area contributed by atoms with Crippen molar-refractivity contribution in [1.29, 1.82) is 0 Å². The predicted molar refractivity (Wildman–Crippen MR) is 150 cm³/mol. The van der Waals surface area contributed by atoms with Gasteiger partial charge in [0.25, 0.3) is 5.91 Å². The molecule has 2 amide bonds. The number of fused-ring (bicyclic) bond motifs is 2. The maximum atomic E-state index is 13.3. The number of anilines is 2. The predicted octanol–water partition coefficient (Wildman–Crippen LogP) is 4.55. The van der Waals surface area contributed by atoms with Gasteiger partial charge in [0, 0.05) is 30.2 Å². The lowest BCUT2D eigenvalue weighted by Crippen LogP contribution is -2.31. The van der Waals surface area contributed by atoms with Crippen LogP contribution in [0, 0.1) is 6.92 Å². The second-order valence-electron chi connectivity index (χ2n) is 9.72. The van der Waals surface area contributed by atoms with Crippen LogP contribution in [0.15, 0.2) is 49.1 Å². The molecule has 2 N–H and O–H groups in total. The number of likely N-dealkylation sites (N-methyl/N-ethyl adjacent to an activating group) is 1. The van der Waals surface area contributed by atoms with Gasteiger partial charge >= 0.3 is 6.09 Å². The van der Waals surface area contributed by atoms with Crippen LogP contribution in [-0.2, 0) is 11.8 Å². The lowest BCUT2D eigenvalue weighted by Gasteiger charge is -2.19. The molecule has 1 aromatic carbocycles. The number of likely N-dealkylation sites (tertiary alicyclic amines) is 1. The first kappa shape index (κ1) is 25.0. The summed E-state index contributed by atoms with van der Waals surface area (Å²) in [5.74, 6) is -0.313. The molecule has 1 aliphatic rings. The first-order chi connectivity index (χ1) is 18.9. The molecule has 1 atom stereocenters. The van der Waals surface area contributed by atoms with Gasteiger partial charge < -0.3 is 15.0 Å². The van der Waals surface area contributed by atoms with E-state index in [0.717, 1.165) is 45.6 Å². The average molecular weight is 545 g/mol. The molecule has 1 saturated heterocycles. The highest BCUT2D eigenvalue weighted by Gasteiger charge is 2.23. The van der Waals surface area contributed by atoms with E-state index < -0.39 is 6.09 Å². The average Bonchev–Trinajstić information content (AvgIpc) is 3.69. The quantitative estimate of drug-likeness (QED) is 0.322. The molecule has 200 valence electrons. The maximum Gasteiger partial charge on any atom is 0.411 e. The number of aromatic nitrogens is 5. The number of rotatable bonds is 6. The number of thiazole rings is 1. The molecule has 0 spiro atoms. The van der Waals surface area contributed by atoms with Crippen LogP contribution in [0.1, 0.15) is 28.9 Å². The van der Waals surface area contributed by atoms with Crippen LogP contribution in [0.2, 0.25) is 0 Å². The minimum Gasteiger partial charge on any atom is -0.448 e. The molecular formula is C27H28N8O3S. The summed E-state index contributed by atoms with van der Waals surface area (Å²) in [4.78, 5) is 33.9. The smallest absolute Gasteiger partial charge is 0.411 e. The van der Waals surface area contributed by atoms with E-state index in [1.807, 2.05) is 49.4 Å². The highest BCUT2D eigenvalue weighted by Crippen LogP contribution is 2.35. The molecule has 11 nitrogen and oxygen atoms in total. The van der Waals surface area contributed by atoms with Gasteiger partial charge in [0.05, 0.1) is 51.6 Å². The highest BCUT2D eigenvalue weighted by atomic mass is 32.1. The Morgan fingerprint density at radius 3 is 2.85 bits per heavy atom. The summed E-state index contributed by atoms with van der Waals surface area (Å²) in [5, 5.41) is 15.4. The van der Waals surface area contributed by atoms with Crippen LogP contribution >= 0.6 is 11.3 Å². The summed E-state index contributed by atoms with van der Waals surface area (Å²) >= 11 is 1.49. The van der Waals surface area contributed by atoms with Gasteiger partial charge in [-0.3, -0.25) is 19.8 Å². The van der Waals surface area contributed by atoms with E-state index in [1.165, 1.54) is 17.5 Å². The number of nitrogens with zero attached hydrogens (tertiary/aromatic N) is 6. The molecular weight excluding hydrogens is 516 g/mol. The number of amides is 2. The van der Waals surface area contributed by atoms with Gasteiger partial charge in [0.1, 0.15) is 11.4 Å². The van der Waals surface area contributed by atoms with Gasteiger partial charge in [-0.1, -0.05) is 12.1 Å². The van der Waals surface area contributed by atoms with Crippen molar-refractivity contribution in [3.05, 3.63) is 60.3 Å². The number of carbonyl (C=O) groups is 2. The van der Waals surface area contributed by atoms with Crippen molar-refractivity contribution in [3.8, 4) is 10.4 Å². The van der Waals surface area contributed by atoms with Gasteiger partial charge in [0.15, 0.2) is 0 Å². The Morgan fingerprint density at radius 2 is 2.03 bits per heavy atom. The van der Waals surface area contributed by atoms with E-state index in [0.29, 0.717) is 29.2 Å². The maximum absolute atomic E-state index is 13.3. The van der Waals surface area contributed by atoms with Crippen LogP contribution < -0.4 is 10.6 Å². The number of aryl methyl sites for hydroxylation is 2. The Morgan fingerprint density at radius 1 is 1.15 bits per heavy atom. The monoisotopic (exact) mass is 544 g/mol. The first-order valence-corrected chi connectivity index (χ1v) is 13.5. The molecule has 0 aliphatic carbocycles. The number of nitrogens with one attached hydrogen (secondary N) is 2. The van der Waals surface area contributed by atoms with Gasteiger partial charge in [-0.2, -0.15) is 10.2 Å². The van der Waals surface area contributed by atoms with Crippen LogP contribution in [0.25, 0.3) is 26.2 Å². The molecule has 0 bridgehead atoms. The number of benzene rings is 1. The van der Waals surface area contributed by atoms with Crippen molar-refractivity contribution in [3.63, 3.8) is 0 Å². The third-order valence-corrected chi connectivity index (χ3v) is 8.30. The zero-order valence-corrected chi connectivity index (χ0v) is 22.7. The van der Waals surface area contributed by atoms with Gasteiger partial charge in [0.2, 0.25) is 0 Å². The van der Waals surface area contributed by atoms with Crippen molar-refractivity contribution in [2.45, 2.75) is 25.8 Å². The molecule has 39 heavy (non-hydrogen) atoms.